The van der Waals surface area contributed by atoms with E-state index in [0.29, 0.717) is 16.5 Å². The maximum absolute atomic E-state index is 14.1. The number of benzene rings is 2. The number of carbonyl (C=O) groups excluding carboxylic acids is 3. The Morgan fingerprint density at radius 2 is 2.06 bits per heavy atom. The largest absolute Gasteiger partial charge is 0.364 e. The SMILES string of the molecule is N=Cc1ccc2c(c1)c(C(N)=O)nn2CC(=O)N(CC(=O)NCc1cccc(Cl)c1F)C1CC1. The van der Waals surface area contributed by atoms with Crippen LogP contribution in [0.4, 0.5) is 4.39 Å². The van der Waals surface area contributed by atoms with Crippen LogP contribution in [0.1, 0.15) is 34.5 Å². The molecule has 0 atom stereocenters. The molecular formula is C23H22ClFN6O3. The molecule has 4 rings (SSSR count). The maximum atomic E-state index is 14.1. The van der Waals surface area contributed by atoms with Crippen LogP contribution in [0, 0.1) is 11.2 Å². The Balaban J connectivity index is 1.48. The highest BCUT2D eigenvalue weighted by molar-refractivity contribution is 6.30. The number of rotatable bonds is 9. The molecule has 0 unspecified atom stereocenters. The molecule has 0 saturated heterocycles. The molecule has 176 valence electrons. The number of nitrogens with one attached hydrogen (secondary N) is 2. The fourth-order valence-electron chi connectivity index (χ4n) is 3.70. The van der Waals surface area contributed by atoms with Gasteiger partial charge in [0.1, 0.15) is 12.4 Å². The zero-order chi connectivity index (χ0) is 24.4. The van der Waals surface area contributed by atoms with Gasteiger partial charge in [0.25, 0.3) is 5.91 Å². The summed E-state index contributed by atoms with van der Waals surface area (Å²) in [5.41, 5.74) is 6.78. The van der Waals surface area contributed by atoms with Crippen LogP contribution in [0.15, 0.2) is 36.4 Å². The molecule has 1 aliphatic carbocycles. The predicted molar refractivity (Wildman–Crippen MR) is 124 cm³/mol. The molecule has 34 heavy (non-hydrogen) atoms. The minimum absolute atomic E-state index is 0.00534. The summed E-state index contributed by atoms with van der Waals surface area (Å²) < 4.78 is 15.4. The summed E-state index contributed by atoms with van der Waals surface area (Å²) in [4.78, 5) is 38.9. The van der Waals surface area contributed by atoms with Crippen LogP contribution in [0.2, 0.25) is 5.02 Å². The van der Waals surface area contributed by atoms with Gasteiger partial charge in [0, 0.05) is 29.8 Å². The quantitative estimate of drug-likeness (QED) is 0.401. The van der Waals surface area contributed by atoms with Gasteiger partial charge in [-0.25, -0.2) is 4.39 Å². The second-order valence-corrected chi connectivity index (χ2v) is 8.44. The number of hydrogen-bond acceptors (Lipinski definition) is 5. The first-order valence-electron chi connectivity index (χ1n) is 10.6. The van der Waals surface area contributed by atoms with Gasteiger partial charge >= 0.3 is 0 Å². The van der Waals surface area contributed by atoms with Crippen molar-refractivity contribution in [1.82, 2.24) is 20.0 Å². The van der Waals surface area contributed by atoms with Crippen LogP contribution in [0.5, 0.6) is 0 Å². The van der Waals surface area contributed by atoms with Gasteiger partial charge < -0.3 is 21.4 Å². The van der Waals surface area contributed by atoms with Crippen molar-refractivity contribution in [3.8, 4) is 0 Å². The van der Waals surface area contributed by atoms with E-state index in [2.05, 4.69) is 10.4 Å². The Hall–Kier alpha value is -3.79. The Labute approximate surface area is 199 Å². The lowest BCUT2D eigenvalue weighted by Crippen LogP contribution is -2.43. The summed E-state index contributed by atoms with van der Waals surface area (Å²) in [6.07, 6.45) is 2.68. The molecule has 0 spiro atoms. The molecule has 2 aromatic carbocycles. The molecule has 0 aliphatic heterocycles. The highest BCUT2D eigenvalue weighted by atomic mass is 35.5. The molecule has 1 aromatic heterocycles. The van der Waals surface area contributed by atoms with Gasteiger partial charge in [0.2, 0.25) is 11.8 Å². The first kappa shape index (κ1) is 23.4. The highest BCUT2D eigenvalue weighted by Crippen LogP contribution is 2.27. The van der Waals surface area contributed by atoms with Gasteiger partial charge in [0.05, 0.1) is 17.1 Å². The van der Waals surface area contributed by atoms with Crippen molar-refractivity contribution in [2.45, 2.75) is 32.0 Å². The molecule has 3 aromatic rings. The summed E-state index contributed by atoms with van der Waals surface area (Å²) >= 11 is 5.77. The van der Waals surface area contributed by atoms with Crippen LogP contribution in [-0.2, 0) is 22.7 Å². The summed E-state index contributed by atoms with van der Waals surface area (Å²) in [5.74, 6) is -2.12. The van der Waals surface area contributed by atoms with E-state index < -0.39 is 17.6 Å². The molecule has 1 saturated carbocycles. The second-order valence-electron chi connectivity index (χ2n) is 8.03. The van der Waals surface area contributed by atoms with Crippen LogP contribution in [0.3, 0.4) is 0 Å². The Morgan fingerprint density at radius 3 is 2.74 bits per heavy atom. The lowest BCUT2D eigenvalue weighted by molar-refractivity contribution is -0.137. The van der Waals surface area contributed by atoms with E-state index >= 15 is 0 Å². The number of fused-ring (bicyclic) bond motifs is 1. The van der Waals surface area contributed by atoms with Crippen molar-refractivity contribution in [2.75, 3.05) is 6.54 Å². The van der Waals surface area contributed by atoms with Crippen LogP contribution in [0.25, 0.3) is 10.9 Å². The minimum atomic E-state index is -0.745. The molecular weight excluding hydrogens is 463 g/mol. The van der Waals surface area contributed by atoms with Gasteiger partial charge in [-0.2, -0.15) is 5.10 Å². The third kappa shape index (κ3) is 4.91. The third-order valence-corrected chi connectivity index (χ3v) is 5.88. The molecule has 3 amide bonds. The van der Waals surface area contributed by atoms with Crippen molar-refractivity contribution in [2.24, 2.45) is 5.73 Å². The fourth-order valence-corrected chi connectivity index (χ4v) is 3.90. The number of aromatic nitrogens is 2. The van der Waals surface area contributed by atoms with E-state index in [1.807, 2.05) is 0 Å². The van der Waals surface area contributed by atoms with Crippen LogP contribution in [-0.4, -0.2) is 51.2 Å². The predicted octanol–water partition coefficient (Wildman–Crippen LogP) is 2.23. The summed E-state index contributed by atoms with van der Waals surface area (Å²) in [7, 11) is 0. The number of carbonyl (C=O) groups is 3. The Morgan fingerprint density at radius 1 is 1.29 bits per heavy atom. The van der Waals surface area contributed by atoms with Crippen LogP contribution < -0.4 is 11.1 Å². The standard InChI is InChI=1S/C23H22ClFN6O3/c24-17-3-1-2-14(21(17)25)10-28-19(32)11-30(15-5-6-15)20(33)12-31-18-7-4-13(9-26)8-16(18)22(29-31)23(27)34/h1-4,7-9,15,26H,5-6,10-12H2,(H2,27,34)(H,28,32). The minimum Gasteiger partial charge on any atom is -0.364 e. The molecule has 4 N–H and O–H groups in total. The Kier molecular flexibility index (Phi) is 6.60. The van der Waals surface area contributed by atoms with E-state index in [1.165, 1.54) is 21.7 Å². The fraction of sp³-hybridized carbons (Fsp3) is 0.261. The Bertz CT molecular complexity index is 1300. The van der Waals surface area contributed by atoms with Crippen LogP contribution >= 0.6 is 11.6 Å². The normalized spacial score (nSPS) is 13.0. The summed E-state index contributed by atoms with van der Waals surface area (Å²) in [6, 6.07) is 9.41. The number of nitrogens with zero attached hydrogens (tertiary/aromatic N) is 3. The van der Waals surface area contributed by atoms with E-state index in [1.54, 1.807) is 24.3 Å². The number of amides is 3. The number of nitrogens with two attached hydrogens (primary N) is 1. The van der Waals surface area contributed by atoms with Gasteiger partial charge in [-0.3, -0.25) is 19.1 Å². The number of hydrogen-bond donors (Lipinski definition) is 3. The summed E-state index contributed by atoms with van der Waals surface area (Å²) in [6.45, 7) is -0.440. The van der Waals surface area contributed by atoms with Crippen molar-refractivity contribution in [1.29, 1.82) is 5.41 Å². The third-order valence-electron chi connectivity index (χ3n) is 5.59. The van der Waals surface area contributed by atoms with Crippen molar-refractivity contribution < 1.29 is 18.8 Å². The molecule has 11 heteroatoms. The first-order chi connectivity index (χ1) is 16.3. The van der Waals surface area contributed by atoms with Gasteiger partial charge in [-0.15, -0.1) is 0 Å². The molecule has 0 radical (unpaired) electrons. The second kappa shape index (κ2) is 9.60. The monoisotopic (exact) mass is 484 g/mol. The summed E-state index contributed by atoms with van der Waals surface area (Å²) in [5, 5.41) is 14.7. The molecule has 1 fully saturated rings. The smallest absolute Gasteiger partial charge is 0.269 e. The number of halogens is 2. The lowest BCUT2D eigenvalue weighted by Gasteiger charge is -2.22. The lowest BCUT2D eigenvalue weighted by atomic mass is 10.1. The van der Waals surface area contributed by atoms with Gasteiger partial charge in [-0.1, -0.05) is 29.8 Å². The molecule has 9 nitrogen and oxygen atoms in total. The van der Waals surface area contributed by atoms with Gasteiger partial charge in [0.15, 0.2) is 5.69 Å². The van der Waals surface area contributed by atoms with Crippen molar-refractivity contribution >= 4 is 46.4 Å². The maximum Gasteiger partial charge on any atom is 0.269 e. The average Bonchev–Trinajstić information content (AvgIpc) is 3.59. The number of primary amides is 1. The molecule has 1 heterocycles. The van der Waals surface area contributed by atoms with E-state index in [-0.39, 0.29) is 47.9 Å². The zero-order valence-corrected chi connectivity index (χ0v) is 18.8. The van der Waals surface area contributed by atoms with Crippen molar-refractivity contribution in [3.05, 3.63) is 64.1 Å². The average molecular weight is 485 g/mol. The van der Waals surface area contributed by atoms with E-state index in [4.69, 9.17) is 22.7 Å². The van der Waals surface area contributed by atoms with Crippen molar-refractivity contribution in [3.63, 3.8) is 0 Å². The zero-order valence-electron chi connectivity index (χ0n) is 18.1. The molecule has 0 bridgehead atoms. The highest BCUT2D eigenvalue weighted by Gasteiger charge is 2.34. The topological polar surface area (TPSA) is 134 Å². The molecule has 1 aliphatic rings. The van der Waals surface area contributed by atoms with E-state index in [0.717, 1.165) is 19.1 Å². The van der Waals surface area contributed by atoms with E-state index in [9.17, 15) is 18.8 Å². The first-order valence-corrected chi connectivity index (χ1v) is 11.0. The van der Waals surface area contributed by atoms with Gasteiger partial charge in [-0.05, 0) is 36.6 Å².